The number of nitrogens with two attached hydrogens (primary N) is 1. The van der Waals surface area contributed by atoms with Crippen molar-refractivity contribution in [2.24, 2.45) is 0 Å². The predicted octanol–water partition coefficient (Wildman–Crippen LogP) is 1.82. The zero-order chi connectivity index (χ0) is 14.4. The summed E-state index contributed by atoms with van der Waals surface area (Å²) in [6, 6.07) is 12.4. The van der Waals surface area contributed by atoms with Gasteiger partial charge in [0.1, 0.15) is 18.4 Å². The fourth-order valence-corrected chi connectivity index (χ4v) is 1.67. The molecule has 0 atom stereocenters. The Labute approximate surface area is 116 Å². The van der Waals surface area contributed by atoms with Crippen LogP contribution < -0.4 is 5.73 Å². The van der Waals surface area contributed by atoms with Crippen molar-refractivity contribution in [3.8, 4) is 6.07 Å². The summed E-state index contributed by atoms with van der Waals surface area (Å²) >= 11 is 0. The number of carbonyl (C=O) groups is 1. The van der Waals surface area contributed by atoms with E-state index in [0.717, 1.165) is 5.56 Å². The van der Waals surface area contributed by atoms with Gasteiger partial charge in [0, 0.05) is 17.4 Å². The van der Waals surface area contributed by atoms with E-state index in [9.17, 15) is 4.79 Å². The van der Waals surface area contributed by atoms with Crippen LogP contribution in [0.2, 0.25) is 0 Å². The summed E-state index contributed by atoms with van der Waals surface area (Å²) in [6.45, 7) is 0.0462. The highest BCUT2D eigenvalue weighted by Crippen LogP contribution is 2.09. The maximum Gasteiger partial charge on any atom is 0.310 e. The van der Waals surface area contributed by atoms with Crippen LogP contribution in [-0.4, -0.2) is 11.0 Å². The fourth-order valence-electron chi connectivity index (χ4n) is 1.67. The summed E-state index contributed by atoms with van der Waals surface area (Å²) in [4.78, 5) is 15.6. The molecule has 1 heterocycles. The van der Waals surface area contributed by atoms with E-state index in [2.05, 4.69) is 4.98 Å². The Hall–Kier alpha value is -2.87. The Balaban J connectivity index is 1.92. The maximum atomic E-state index is 11.7. The van der Waals surface area contributed by atoms with Gasteiger partial charge in [-0.2, -0.15) is 5.26 Å². The normalized spacial score (nSPS) is 9.75. The van der Waals surface area contributed by atoms with Crippen LogP contribution in [0.5, 0.6) is 0 Å². The van der Waals surface area contributed by atoms with E-state index in [1.807, 2.05) is 6.07 Å². The second-order valence-electron chi connectivity index (χ2n) is 4.20. The molecule has 0 aliphatic carbocycles. The molecule has 0 aliphatic rings. The second-order valence-corrected chi connectivity index (χ2v) is 4.20. The number of carbonyl (C=O) groups excluding carboxylic acids is 1. The lowest BCUT2D eigenvalue weighted by Gasteiger charge is -2.06. The molecule has 0 amide bonds. The minimum Gasteiger partial charge on any atom is -0.460 e. The minimum absolute atomic E-state index is 0.0462. The van der Waals surface area contributed by atoms with Crippen molar-refractivity contribution in [2.75, 3.05) is 5.73 Å². The Morgan fingerprint density at radius 2 is 2.05 bits per heavy atom. The molecule has 1 aromatic carbocycles. The number of nitrogen functional groups attached to an aromatic ring is 1. The van der Waals surface area contributed by atoms with E-state index in [1.54, 1.807) is 36.4 Å². The molecule has 0 bridgehead atoms. The van der Waals surface area contributed by atoms with Gasteiger partial charge in [-0.3, -0.25) is 4.79 Å². The average Bonchev–Trinajstić information content (AvgIpc) is 2.48. The minimum atomic E-state index is -0.359. The quantitative estimate of drug-likeness (QED) is 0.674. The number of aromatic nitrogens is 1. The van der Waals surface area contributed by atoms with Gasteiger partial charge in [0.25, 0.3) is 0 Å². The lowest BCUT2D eigenvalue weighted by Crippen LogP contribution is -2.09. The van der Waals surface area contributed by atoms with E-state index >= 15 is 0 Å². The van der Waals surface area contributed by atoms with Crippen LogP contribution in [-0.2, 0) is 22.6 Å². The fraction of sp³-hybridized carbons (Fsp3) is 0.133. The van der Waals surface area contributed by atoms with Gasteiger partial charge in [0.2, 0.25) is 0 Å². The predicted molar refractivity (Wildman–Crippen MR) is 73.3 cm³/mol. The number of hydrogen-bond acceptors (Lipinski definition) is 5. The smallest absolute Gasteiger partial charge is 0.310 e. The number of anilines is 1. The molecule has 20 heavy (non-hydrogen) atoms. The third kappa shape index (κ3) is 3.56. The summed E-state index contributed by atoms with van der Waals surface area (Å²) < 4.78 is 5.14. The maximum absolute atomic E-state index is 11.7. The number of ether oxygens (including phenoxy) is 1. The largest absolute Gasteiger partial charge is 0.460 e. The monoisotopic (exact) mass is 267 g/mol. The van der Waals surface area contributed by atoms with Crippen LogP contribution in [0, 0.1) is 11.3 Å². The van der Waals surface area contributed by atoms with Crippen molar-refractivity contribution >= 4 is 11.7 Å². The molecule has 0 aliphatic heterocycles. The SMILES string of the molecule is N#Cc1ncccc1COC(=O)Cc1ccc(N)cc1. The van der Waals surface area contributed by atoms with Gasteiger partial charge in [-0.1, -0.05) is 18.2 Å². The molecule has 0 saturated carbocycles. The molecular formula is C15H13N3O2. The van der Waals surface area contributed by atoms with Crippen molar-refractivity contribution in [3.05, 3.63) is 59.4 Å². The highest BCUT2D eigenvalue weighted by atomic mass is 16.5. The number of pyridine rings is 1. The molecule has 0 spiro atoms. The van der Waals surface area contributed by atoms with Crippen LogP contribution in [0.25, 0.3) is 0 Å². The molecule has 2 aromatic rings. The van der Waals surface area contributed by atoms with E-state index in [4.69, 9.17) is 15.7 Å². The molecule has 2 N–H and O–H groups in total. The van der Waals surface area contributed by atoms with E-state index in [1.165, 1.54) is 6.20 Å². The van der Waals surface area contributed by atoms with Gasteiger partial charge >= 0.3 is 5.97 Å². The standard InChI is InChI=1S/C15H13N3O2/c16-9-14-12(2-1-7-18-14)10-20-15(19)8-11-3-5-13(17)6-4-11/h1-7H,8,10,17H2. The molecule has 0 radical (unpaired) electrons. The van der Waals surface area contributed by atoms with E-state index in [-0.39, 0.29) is 24.7 Å². The van der Waals surface area contributed by atoms with Gasteiger partial charge in [0.15, 0.2) is 0 Å². The first kappa shape index (κ1) is 13.6. The summed E-state index contributed by atoms with van der Waals surface area (Å²) in [7, 11) is 0. The molecule has 100 valence electrons. The average molecular weight is 267 g/mol. The second kappa shape index (κ2) is 6.34. The first-order chi connectivity index (χ1) is 9.69. The van der Waals surface area contributed by atoms with Crippen molar-refractivity contribution in [1.29, 1.82) is 5.26 Å². The number of benzene rings is 1. The van der Waals surface area contributed by atoms with Crippen LogP contribution in [0.1, 0.15) is 16.8 Å². The van der Waals surface area contributed by atoms with Gasteiger partial charge in [-0.25, -0.2) is 4.98 Å². The first-order valence-electron chi connectivity index (χ1n) is 6.03. The third-order valence-electron chi connectivity index (χ3n) is 2.71. The molecule has 5 nitrogen and oxygen atoms in total. The molecular weight excluding hydrogens is 254 g/mol. The Morgan fingerprint density at radius 3 is 2.75 bits per heavy atom. The van der Waals surface area contributed by atoms with Crippen molar-refractivity contribution in [3.63, 3.8) is 0 Å². The Kier molecular flexibility index (Phi) is 4.30. The van der Waals surface area contributed by atoms with Gasteiger partial charge in [-0.05, 0) is 23.8 Å². The molecule has 1 aromatic heterocycles. The van der Waals surface area contributed by atoms with Gasteiger partial charge in [-0.15, -0.1) is 0 Å². The molecule has 0 fully saturated rings. The molecule has 5 heteroatoms. The lowest BCUT2D eigenvalue weighted by molar-refractivity contribution is -0.144. The number of rotatable bonds is 4. The summed E-state index contributed by atoms with van der Waals surface area (Å²) in [6.07, 6.45) is 1.70. The van der Waals surface area contributed by atoms with E-state index in [0.29, 0.717) is 11.3 Å². The molecule has 2 rings (SSSR count). The molecule has 0 saturated heterocycles. The van der Waals surface area contributed by atoms with Crippen molar-refractivity contribution < 1.29 is 9.53 Å². The van der Waals surface area contributed by atoms with E-state index < -0.39 is 0 Å². The number of nitriles is 1. The topological polar surface area (TPSA) is 89.0 Å². The summed E-state index contributed by atoms with van der Waals surface area (Å²) in [5.74, 6) is -0.359. The number of esters is 1. The zero-order valence-electron chi connectivity index (χ0n) is 10.7. The first-order valence-corrected chi connectivity index (χ1v) is 6.03. The van der Waals surface area contributed by atoms with Crippen LogP contribution >= 0.6 is 0 Å². The zero-order valence-corrected chi connectivity index (χ0v) is 10.7. The molecule has 0 unspecified atom stereocenters. The van der Waals surface area contributed by atoms with Gasteiger partial charge < -0.3 is 10.5 Å². The third-order valence-corrected chi connectivity index (χ3v) is 2.71. The Bertz CT molecular complexity index is 645. The Morgan fingerprint density at radius 1 is 1.30 bits per heavy atom. The summed E-state index contributed by atoms with van der Waals surface area (Å²) in [5, 5.41) is 8.88. The lowest BCUT2D eigenvalue weighted by atomic mass is 10.1. The van der Waals surface area contributed by atoms with Crippen LogP contribution in [0.15, 0.2) is 42.6 Å². The number of hydrogen-bond donors (Lipinski definition) is 1. The van der Waals surface area contributed by atoms with Gasteiger partial charge in [0.05, 0.1) is 6.42 Å². The number of nitrogens with zero attached hydrogens (tertiary/aromatic N) is 2. The van der Waals surface area contributed by atoms with Crippen LogP contribution in [0.4, 0.5) is 5.69 Å². The highest BCUT2D eigenvalue weighted by Gasteiger charge is 2.08. The van der Waals surface area contributed by atoms with Crippen molar-refractivity contribution in [1.82, 2.24) is 4.98 Å². The highest BCUT2D eigenvalue weighted by molar-refractivity contribution is 5.72. The summed E-state index contributed by atoms with van der Waals surface area (Å²) in [5.41, 5.74) is 7.92. The van der Waals surface area contributed by atoms with Crippen LogP contribution in [0.3, 0.4) is 0 Å². The van der Waals surface area contributed by atoms with Crippen molar-refractivity contribution in [2.45, 2.75) is 13.0 Å².